The molecule has 0 radical (unpaired) electrons. The number of amides is 1. The second kappa shape index (κ2) is 10.8. The third-order valence-corrected chi connectivity index (χ3v) is 4.98. The first-order valence-corrected chi connectivity index (χ1v) is 11.0. The summed E-state index contributed by atoms with van der Waals surface area (Å²) in [5.41, 5.74) is 0.248. The third kappa shape index (κ3) is 7.81. The van der Waals surface area contributed by atoms with Gasteiger partial charge < -0.3 is 14.8 Å². The van der Waals surface area contributed by atoms with Crippen LogP contribution >= 0.6 is 23.2 Å². The molecule has 0 spiro atoms. The fourth-order valence-electron chi connectivity index (χ4n) is 2.10. The zero-order valence-corrected chi connectivity index (χ0v) is 17.9. The first kappa shape index (κ1) is 24.5. The number of carbonyl (C=O) groups excluding carboxylic acids is 2. The van der Waals surface area contributed by atoms with Gasteiger partial charge in [-0.15, -0.1) is 0 Å². The molecule has 2 atom stereocenters. The molecule has 11 heteroatoms. The van der Waals surface area contributed by atoms with Gasteiger partial charge in [0.2, 0.25) is 0 Å². The first-order chi connectivity index (χ1) is 13.0. The van der Waals surface area contributed by atoms with E-state index in [2.05, 4.69) is 5.32 Å². The van der Waals surface area contributed by atoms with Crippen molar-refractivity contribution >= 4 is 45.1 Å². The largest absolute Gasteiger partial charge is 0.508 e. The lowest BCUT2D eigenvalue weighted by Gasteiger charge is -2.26. The van der Waals surface area contributed by atoms with Crippen LogP contribution in [0.4, 0.5) is 9.18 Å². The van der Waals surface area contributed by atoms with Gasteiger partial charge in [-0.05, 0) is 23.6 Å². The van der Waals surface area contributed by atoms with Crippen LogP contribution in [-0.2, 0) is 24.1 Å². The summed E-state index contributed by atoms with van der Waals surface area (Å²) in [7, 11) is -3.45. The summed E-state index contributed by atoms with van der Waals surface area (Å²) in [6.45, 7) is 2.61. The molecule has 7 nitrogen and oxygen atoms in total. The second-order valence-corrected chi connectivity index (χ2v) is 9.52. The molecule has 1 amide bonds. The average molecular weight is 458 g/mol. The fourth-order valence-corrected chi connectivity index (χ4v) is 2.86. The standard InChI is InChI=1S/C17H22Cl2FNO6S/c1-10(2)9-26-17(23)27-14(13(8-20)21-16(22)15(18)19)11-4-6-12(7-5-11)28(3,24)25/h4-7,10,13-15H,8-9H2,1-3H3,(H,21,22). The summed E-state index contributed by atoms with van der Waals surface area (Å²) in [4.78, 5) is 22.3. The molecule has 28 heavy (non-hydrogen) atoms. The zero-order chi connectivity index (χ0) is 21.5. The van der Waals surface area contributed by atoms with Gasteiger partial charge in [-0.3, -0.25) is 4.79 Å². The minimum absolute atomic E-state index is 0.0276. The normalized spacial score (nSPS) is 13.9. The van der Waals surface area contributed by atoms with Crippen molar-refractivity contribution in [3.8, 4) is 0 Å². The molecule has 1 N–H and O–H groups in total. The Kier molecular flexibility index (Phi) is 9.46. The van der Waals surface area contributed by atoms with Crippen LogP contribution in [0.2, 0.25) is 0 Å². The van der Waals surface area contributed by atoms with E-state index in [4.69, 9.17) is 32.7 Å². The summed E-state index contributed by atoms with van der Waals surface area (Å²) in [5.74, 6) is -0.826. The predicted molar refractivity (Wildman–Crippen MR) is 103 cm³/mol. The van der Waals surface area contributed by atoms with Gasteiger partial charge in [0, 0.05) is 6.26 Å². The van der Waals surface area contributed by atoms with Gasteiger partial charge in [0.15, 0.2) is 20.8 Å². The molecular formula is C17H22Cl2FNO6S. The van der Waals surface area contributed by atoms with Crippen LogP contribution in [0.15, 0.2) is 29.2 Å². The van der Waals surface area contributed by atoms with E-state index < -0.39 is 45.6 Å². The highest BCUT2D eigenvalue weighted by Gasteiger charge is 2.31. The lowest BCUT2D eigenvalue weighted by Crippen LogP contribution is -2.44. The molecule has 0 saturated heterocycles. The summed E-state index contributed by atoms with van der Waals surface area (Å²) in [5, 5.41) is 2.25. The summed E-state index contributed by atoms with van der Waals surface area (Å²) < 4.78 is 47.0. The van der Waals surface area contributed by atoms with Crippen molar-refractivity contribution in [2.45, 2.75) is 35.7 Å². The van der Waals surface area contributed by atoms with Crippen molar-refractivity contribution in [2.24, 2.45) is 5.92 Å². The Morgan fingerprint density at radius 2 is 1.75 bits per heavy atom. The molecule has 2 unspecified atom stereocenters. The van der Waals surface area contributed by atoms with Crippen molar-refractivity contribution in [3.63, 3.8) is 0 Å². The fraction of sp³-hybridized carbons (Fsp3) is 0.529. The maximum atomic E-state index is 13.6. The van der Waals surface area contributed by atoms with Crippen LogP contribution in [0, 0.1) is 5.92 Å². The van der Waals surface area contributed by atoms with E-state index in [-0.39, 0.29) is 23.0 Å². The SMILES string of the molecule is CC(C)COC(=O)OC(c1ccc(S(C)(=O)=O)cc1)C(CF)NC(=O)C(Cl)Cl. The Bertz CT molecular complexity index is 770. The van der Waals surface area contributed by atoms with Gasteiger partial charge in [-0.25, -0.2) is 17.6 Å². The highest BCUT2D eigenvalue weighted by atomic mass is 35.5. The number of halogens is 3. The highest BCUT2D eigenvalue weighted by Crippen LogP contribution is 2.25. The van der Waals surface area contributed by atoms with E-state index in [0.717, 1.165) is 6.26 Å². The quantitative estimate of drug-likeness (QED) is 0.451. The van der Waals surface area contributed by atoms with Gasteiger partial charge in [0.05, 0.1) is 17.5 Å². The molecular weight excluding hydrogens is 436 g/mol. The first-order valence-electron chi connectivity index (χ1n) is 8.23. The molecule has 0 aliphatic heterocycles. The molecule has 1 aromatic carbocycles. The lowest BCUT2D eigenvalue weighted by atomic mass is 10.0. The number of nitrogens with one attached hydrogen (secondary N) is 1. The molecule has 1 aromatic rings. The van der Waals surface area contributed by atoms with Crippen molar-refractivity contribution in [2.75, 3.05) is 19.5 Å². The number of ether oxygens (including phenoxy) is 2. The van der Waals surface area contributed by atoms with E-state index >= 15 is 0 Å². The number of hydrogen-bond donors (Lipinski definition) is 1. The van der Waals surface area contributed by atoms with E-state index in [9.17, 15) is 22.4 Å². The average Bonchev–Trinajstić information content (AvgIpc) is 2.61. The molecule has 0 bridgehead atoms. The number of rotatable bonds is 9. The number of sulfone groups is 1. The Hall–Kier alpha value is -1.58. The van der Waals surface area contributed by atoms with E-state index in [1.807, 2.05) is 13.8 Å². The lowest BCUT2D eigenvalue weighted by molar-refractivity contribution is -0.121. The van der Waals surface area contributed by atoms with Crippen LogP contribution in [0.1, 0.15) is 25.5 Å². The highest BCUT2D eigenvalue weighted by molar-refractivity contribution is 7.90. The maximum absolute atomic E-state index is 13.6. The molecule has 0 aliphatic carbocycles. The Morgan fingerprint density at radius 1 is 1.18 bits per heavy atom. The smallest absolute Gasteiger partial charge is 0.434 e. The molecule has 0 aliphatic rings. The monoisotopic (exact) mass is 457 g/mol. The third-order valence-electron chi connectivity index (χ3n) is 3.45. The summed E-state index contributed by atoms with van der Waals surface area (Å²) in [6.07, 6.45) is -1.33. The van der Waals surface area contributed by atoms with Gasteiger partial charge >= 0.3 is 6.16 Å². The van der Waals surface area contributed by atoms with E-state index in [1.54, 1.807) is 0 Å². The van der Waals surface area contributed by atoms with Crippen LogP contribution in [0.5, 0.6) is 0 Å². The topological polar surface area (TPSA) is 98.8 Å². The van der Waals surface area contributed by atoms with Crippen LogP contribution in [-0.4, -0.2) is 50.9 Å². The van der Waals surface area contributed by atoms with E-state index in [1.165, 1.54) is 24.3 Å². The van der Waals surface area contributed by atoms with Gasteiger partial charge in [0.1, 0.15) is 6.67 Å². The Morgan fingerprint density at radius 3 is 2.18 bits per heavy atom. The van der Waals surface area contributed by atoms with Gasteiger partial charge in [0.25, 0.3) is 5.91 Å². The molecule has 0 aromatic heterocycles. The molecule has 158 valence electrons. The van der Waals surface area contributed by atoms with Crippen LogP contribution in [0.3, 0.4) is 0 Å². The molecule has 1 rings (SSSR count). The molecule has 0 fully saturated rings. The van der Waals surface area contributed by atoms with Gasteiger partial charge in [-0.1, -0.05) is 49.2 Å². The van der Waals surface area contributed by atoms with Crippen LogP contribution < -0.4 is 5.32 Å². The van der Waals surface area contributed by atoms with Crippen molar-refractivity contribution in [1.29, 1.82) is 0 Å². The predicted octanol–water partition coefficient (Wildman–Crippen LogP) is 3.20. The van der Waals surface area contributed by atoms with Crippen LogP contribution in [0.25, 0.3) is 0 Å². The Balaban J connectivity index is 3.14. The van der Waals surface area contributed by atoms with Crippen molar-refractivity contribution in [3.05, 3.63) is 29.8 Å². The minimum atomic E-state index is -3.45. The van der Waals surface area contributed by atoms with Crippen molar-refractivity contribution < 1.29 is 31.9 Å². The second-order valence-electron chi connectivity index (χ2n) is 6.40. The number of carbonyl (C=O) groups is 2. The maximum Gasteiger partial charge on any atom is 0.508 e. The Labute approximate surface area is 173 Å². The summed E-state index contributed by atoms with van der Waals surface area (Å²) in [6, 6.07) is 3.95. The number of alkyl halides is 3. The van der Waals surface area contributed by atoms with E-state index in [0.29, 0.717) is 0 Å². The summed E-state index contributed by atoms with van der Waals surface area (Å²) >= 11 is 10.9. The number of hydrogen-bond acceptors (Lipinski definition) is 6. The van der Waals surface area contributed by atoms with Crippen molar-refractivity contribution in [1.82, 2.24) is 5.32 Å². The molecule has 0 heterocycles. The zero-order valence-electron chi connectivity index (χ0n) is 15.5. The molecule has 0 saturated carbocycles. The minimum Gasteiger partial charge on any atom is -0.434 e. The van der Waals surface area contributed by atoms with Gasteiger partial charge in [-0.2, -0.15) is 0 Å². The number of benzene rings is 1.